The second-order valence-electron chi connectivity index (χ2n) is 4.90. The van der Waals surface area contributed by atoms with E-state index in [4.69, 9.17) is 0 Å². The molecule has 1 N–H and O–H groups in total. The van der Waals surface area contributed by atoms with Crippen molar-refractivity contribution in [3.05, 3.63) is 30.1 Å². The molecule has 0 amide bonds. The number of hydrogen-bond acceptors (Lipinski definition) is 2. The molecule has 3 rings (SSSR count). The Morgan fingerprint density at radius 1 is 1.20 bits per heavy atom. The van der Waals surface area contributed by atoms with Crippen LogP contribution in [0.4, 0.5) is 0 Å². The molecule has 2 aliphatic rings. The molecule has 1 aromatic heterocycles. The van der Waals surface area contributed by atoms with Crippen LogP contribution >= 0.6 is 0 Å². The molecule has 15 heavy (non-hydrogen) atoms. The van der Waals surface area contributed by atoms with Crippen molar-refractivity contribution in [1.82, 2.24) is 10.3 Å². The van der Waals surface area contributed by atoms with Crippen molar-refractivity contribution in [2.24, 2.45) is 5.92 Å². The molecule has 0 unspecified atom stereocenters. The number of aromatic nitrogens is 1. The highest BCUT2D eigenvalue weighted by Crippen LogP contribution is 2.55. The average Bonchev–Trinajstić information content (AvgIpc) is 3.13. The molecule has 0 bridgehead atoms. The first-order valence-corrected chi connectivity index (χ1v) is 6.04. The van der Waals surface area contributed by atoms with Crippen molar-refractivity contribution in [2.75, 3.05) is 13.1 Å². The van der Waals surface area contributed by atoms with Crippen LogP contribution in [0.3, 0.4) is 0 Å². The molecule has 0 aromatic carbocycles. The number of pyridine rings is 1. The minimum atomic E-state index is 0.462. The number of rotatable bonds is 2. The molecule has 0 spiro atoms. The molecule has 1 saturated carbocycles. The molecular formula is C13H18N2. The minimum Gasteiger partial charge on any atom is -0.317 e. The summed E-state index contributed by atoms with van der Waals surface area (Å²) in [5.74, 6) is 0.869. The zero-order valence-electron chi connectivity index (χ0n) is 9.08. The Morgan fingerprint density at radius 2 is 2.00 bits per heavy atom. The van der Waals surface area contributed by atoms with E-state index in [0.717, 1.165) is 5.92 Å². The maximum Gasteiger partial charge on any atom is 0.0468 e. The first-order chi connectivity index (χ1) is 7.42. The molecule has 0 atom stereocenters. The van der Waals surface area contributed by atoms with Crippen molar-refractivity contribution >= 4 is 0 Å². The van der Waals surface area contributed by atoms with Crippen LogP contribution in [-0.2, 0) is 5.41 Å². The van der Waals surface area contributed by atoms with Gasteiger partial charge in [-0.2, -0.15) is 0 Å². The van der Waals surface area contributed by atoms with Crippen LogP contribution in [0.25, 0.3) is 0 Å². The van der Waals surface area contributed by atoms with Gasteiger partial charge in [0.1, 0.15) is 0 Å². The van der Waals surface area contributed by atoms with E-state index in [1.54, 1.807) is 0 Å². The lowest BCUT2D eigenvalue weighted by atomic mass is 9.79. The summed E-state index contributed by atoms with van der Waals surface area (Å²) < 4.78 is 0. The normalized spacial score (nSPS) is 25.1. The SMILES string of the molecule is c1ccc(C2(C3CCNCC3)CC2)nc1. The van der Waals surface area contributed by atoms with Crippen molar-refractivity contribution in [3.8, 4) is 0 Å². The highest BCUT2D eigenvalue weighted by molar-refractivity contribution is 5.26. The van der Waals surface area contributed by atoms with Crippen LogP contribution in [-0.4, -0.2) is 18.1 Å². The third-order valence-electron chi connectivity index (χ3n) is 4.08. The van der Waals surface area contributed by atoms with E-state index >= 15 is 0 Å². The molecule has 1 aromatic rings. The van der Waals surface area contributed by atoms with Gasteiger partial charge in [-0.15, -0.1) is 0 Å². The van der Waals surface area contributed by atoms with Crippen molar-refractivity contribution in [1.29, 1.82) is 0 Å². The van der Waals surface area contributed by atoms with E-state index in [1.807, 2.05) is 12.3 Å². The van der Waals surface area contributed by atoms with Gasteiger partial charge in [0.15, 0.2) is 0 Å². The zero-order valence-corrected chi connectivity index (χ0v) is 9.08. The summed E-state index contributed by atoms with van der Waals surface area (Å²) in [5, 5.41) is 3.45. The van der Waals surface area contributed by atoms with Crippen molar-refractivity contribution in [2.45, 2.75) is 31.1 Å². The highest BCUT2D eigenvalue weighted by Gasteiger charge is 2.51. The van der Waals surface area contributed by atoms with Crippen LogP contribution in [0, 0.1) is 5.92 Å². The smallest absolute Gasteiger partial charge is 0.0468 e. The van der Waals surface area contributed by atoms with Gasteiger partial charge in [-0.1, -0.05) is 6.07 Å². The quantitative estimate of drug-likeness (QED) is 0.794. The van der Waals surface area contributed by atoms with Gasteiger partial charge in [-0.3, -0.25) is 4.98 Å². The third-order valence-corrected chi connectivity index (χ3v) is 4.08. The van der Waals surface area contributed by atoms with E-state index in [2.05, 4.69) is 22.4 Å². The van der Waals surface area contributed by atoms with E-state index in [9.17, 15) is 0 Å². The first kappa shape index (κ1) is 9.34. The molecule has 0 radical (unpaired) electrons. The number of piperidine rings is 1. The van der Waals surface area contributed by atoms with Crippen molar-refractivity contribution in [3.63, 3.8) is 0 Å². The second kappa shape index (κ2) is 3.60. The van der Waals surface area contributed by atoms with Crippen LogP contribution in [0.15, 0.2) is 24.4 Å². The minimum absolute atomic E-state index is 0.462. The summed E-state index contributed by atoms with van der Waals surface area (Å²) in [6.45, 7) is 2.39. The molecular weight excluding hydrogens is 184 g/mol. The molecule has 2 heterocycles. The summed E-state index contributed by atoms with van der Waals surface area (Å²) in [6, 6.07) is 6.36. The van der Waals surface area contributed by atoms with Gasteiger partial charge in [0, 0.05) is 17.3 Å². The van der Waals surface area contributed by atoms with Gasteiger partial charge >= 0.3 is 0 Å². The maximum atomic E-state index is 4.57. The standard InChI is InChI=1S/C13H18N2/c1-2-8-15-12(3-1)13(6-7-13)11-4-9-14-10-5-11/h1-3,8,11,14H,4-7,9-10H2. The van der Waals surface area contributed by atoms with Gasteiger partial charge < -0.3 is 5.32 Å². The van der Waals surface area contributed by atoms with Crippen LogP contribution < -0.4 is 5.32 Å². The Balaban J connectivity index is 1.84. The van der Waals surface area contributed by atoms with E-state index in [1.165, 1.54) is 44.5 Å². The van der Waals surface area contributed by atoms with Gasteiger partial charge in [-0.25, -0.2) is 0 Å². The highest BCUT2D eigenvalue weighted by atomic mass is 14.9. The molecule has 1 aliphatic carbocycles. The summed E-state index contributed by atoms with van der Waals surface area (Å²) >= 11 is 0. The number of hydrogen-bond donors (Lipinski definition) is 1. The Kier molecular flexibility index (Phi) is 2.24. The average molecular weight is 202 g/mol. The Hall–Kier alpha value is -0.890. The molecule has 2 fully saturated rings. The van der Waals surface area contributed by atoms with E-state index in [-0.39, 0.29) is 0 Å². The summed E-state index contributed by atoms with van der Waals surface area (Å²) in [7, 11) is 0. The Bertz CT molecular complexity index is 324. The lowest BCUT2D eigenvalue weighted by molar-refractivity contribution is 0.298. The van der Waals surface area contributed by atoms with E-state index in [0.29, 0.717) is 5.41 Å². The van der Waals surface area contributed by atoms with Gasteiger partial charge in [0.25, 0.3) is 0 Å². The lowest BCUT2D eigenvalue weighted by Crippen LogP contribution is -2.34. The van der Waals surface area contributed by atoms with Crippen molar-refractivity contribution < 1.29 is 0 Å². The lowest BCUT2D eigenvalue weighted by Gasteiger charge is -2.30. The molecule has 1 aliphatic heterocycles. The Morgan fingerprint density at radius 3 is 2.60 bits per heavy atom. The van der Waals surface area contributed by atoms with Crippen LogP contribution in [0.1, 0.15) is 31.4 Å². The fraction of sp³-hybridized carbons (Fsp3) is 0.615. The summed E-state index contributed by atoms with van der Waals surface area (Å²) in [5.41, 5.74) is 1.81. The van der Waals surface area contributed by atoms with Crippen LogP contribution in [0.2, 0.25) is 0 Å². The predicted octanol–water partition coefficient (Wildman–Crippen LogP) is 2.11. The maximum absolute atomic E-state index is 4.57. The molecule has 80 valence electrons. The van der Waals surface area contributed by atoms with Crippen LogP contribution in [0.5, 0.6) is 0 Å². The topological polar surface area (TPSA) is 24.9 Å². The molecule has 2 nitrogen and oxygen atoms in total. The number of nitrogens with zero attached hydrogens (tertiary/aromatic N) is 1. The summed E-state index contributed by atoms with van der Waals surface area (Å²) in [4.78, 5) is 4.57. The zero-order chi connectivity index (χ0) is 10.1. The largest absolute Gasteiger partial charge is 0.317 e. The second-order valence-corrected chi connectivity index (χ2v) is 4.90. The van der Waals surface area contributed by atoms with Gasteiger partial charge in [0.05, 0.1) is 0 Å². The third kappa shape index (κ3) is 1.57. The summed E-state index contributed by atoms with van der Waals surface area (Å²) in [6.07, 6.45) is 7.31. The monoisotopic (exact) mass is 202 g/mol. The fourth-order valence-electron chi connectivity index (χ4n) is 3.04. The van der Waals surface area contributed by atoms with E-state index < -0.39 is 0 Å². The molecule has 1 saturated heterocycles. The van der Waals surface area contributed by atoms with Gasteiger partial charge in [-0.05, 0) is 56.8 Å². The predicted molar refractivity (Wildman–Crippen MR) is 60.7 cm³/mol. The fourth-order valence-corrected chi connectivity index (χ4v) is 3.04. The number of nitrogens with one attached hydrogen (secondary N) is 1. The van der Waals surface area contributed by atoms with Gasteiger partial charge in [0.2, 0.25) is 0 Å². The Labute approximate surface area is 91.1 Å². The molecule has 2 heteroatoms. The first-order valence-electron chi connectivity index (χ1n) is 6.04.